The van der Waals surface area contributed by atoms with Crippen molar-refractivity contribution >= 4 is 21.6 Å². The number of carbonyl (C=O) groups excluding carboxylic acids is 1. The fourth-order valence-electron chi connectivity index (χ4n) is 3.69. The number of hydrogen-bond donors (Lipinski definition) is 2. The third kappa shape index (κ3) is 5.22. The van der Waals surface area contributed by atoms with Crippen molar-refractivity contribution in [2.45, 2.75) is 56.1 Å². The van der Waals surface area contributed by atoms with Crippen LogP contribution in [0.2, 0.25) is 0 Å². The molecule has 0 spiro atoms. The Morgan fingerprint density at radius 2 is 1.74 bits per heavy atom. The van der Waals surface area contributed by atoms with E-state index in [1.807, 2.05) is 0 Å². The van der Waals surface area contributed by atoms with Crippen LogP contribution < -0.4 is 24.2 Å². The van der Waals surface area contributed by atoms with Gasteiger partial charge in [-0.2, -0.15) is 0 Å². The van der Waals surface area contributed by atoms with Crippen molar-refractivity contribution in [3.05, 3.63) is 42.5 Å². The van der Waals surface area contributed by atoms with Gasteiger partial charge in [-0.05, 0) is 56.2 Å². The number of fused-ring (bicyclic) bond motifs is 1. The molecule has 1 fully saturated rings. The molecule has 4 rings (SSSR count). The van der Waals surface area contributed by atoms with E-state index in [2.05, 4.69) is 10.0 Å². The number of benzene rings is 2. The smallest absolute Gasteiger partial charge is 0.261 e. The molecule has 1 atom stereocenters. The number of anilines is 1. The Morgan fingerprint density at radius 1 is 1.03 bits per heavy atom. The molecule has 0 saturated heterocycles. The van der Waals surface area contributed by atoms with Crippen LogP contribution in [0.15, 0.2) is 47.4 Å². The van der Waals surface area contributed by atoms with E-state index < -0.39 is 16.1 Å². The number of nitrogens with one attached hydrogen (secondary N) is 2. The zero-order chi connectivity index (χ0) is 21.8. The molecule has 1 unspecified atom stereocenters. The number of rotatable bonds is 7. The molecular formula is C22H26N2O6S. The standard InChI is InChI=1S/C22H26N2O6S/c1-15(22(25)23-16-5-3-2-4-6-16)30-18-8-10-19(11-9-18)31(26,27)24-17-7-12-20-21(13-17)29-14-28-20/h7-13,15-16,24H,2-6,14H2,1H3,(H,23,25). The summed E-state index contributed by atoms with van der Waals surface area (Å²) in [7, 11) is -3.79. The van der Waals surface area contributed by atoms with Gasteiger partial charge in [0.1, 0.15) is 5.75 Å². The highest BCUT2D eigenvalue weighted by molar-refractivity contribution is 7.92. The second-order valence-electron chi connectivity index (χ2n) is 7.75. The average Bonchev–Trinajstić information content (AvgIpc) is 3.22. The molecule has 0 aromatic heterocycles. The van der Waals surface area contributed by atoms with Crippen LogP contribution in [0.3, 0.4) is 0 Å². The molecule has 2 aliphatic rings. The normalized spacial score (nSPS) is 17.1. The maximum absolute atomic E-state index is 12.7. The Bertz CT molecular complexity index is 1030. The number of hydrogen-bond acceptors (Lipinski definition) is 6. The summed E-state index contributed by atoms with van der Waals surface area (Å²) in [6, 6.07) is 11.0. The first-order valence-electron chi connectivity index (χ1n) is 10.4. The van der Waals surface area contributed by atoms with Crippen LogP contribution in [0.4, 0.5) is 5.69 Å². The molecular weight excluding hydrogens is 420 g/mol. The van der Waals surface area contributed by atoms with Gasteiger partial charge in [-0.15, -0.1) is 0 Å². The molecule has 1 amide bonds. The van der Waals surface area contributed by atoms with Gasteiger partial charge >= 0.3 is 0 Å². The maximum Gasteiger partial charge on any atom is 0.261 e. The lowest BCUT2D eigenvalue weighted by Crippen LogP contribution is -2.43. The first-order valence-corrected chi connectivity index (χ1v) is 11.9. The zero-order valence-electron chi connectivity index (χ0n) is 17.3. The number of carbonyl (C=O) groups is 1. The number of ether oxygens (including phenoxy) is 3. The second kappa shape index (κ2) is 9.05. The van der Waals surface area contributed by atoms with Gasteiger partial charge in [-0.1, -0.05) is 19.3 Å². The summed E-state index contributed by atoms with van der Waals surface area (Å²) in [6.07, 6.45) is 4.82. The molecule has 8 nitrogen and oxygen atoms in total. The van der Waals surface area contributed by atoms with Crippen molar-refractivity contribution in [3.8, 4) is 17.2 Å². The van der Waals surface area contributed by atoms with Gasteiger partial charge in [0.05, 0.1) is 10.6 Å². The lowest BCUT2D eigenvalue weighted by atomic mass is 9.95. The highest BCUT2D eigenvalue weighted by atomic mass is 32.2. The summed E-state index contributed by atoms with van der Waals surface area (Å²) < 4.78 is 44.1. The molecule has 0 radical (unpaired) electrons. The number of sulfonamides is 1. The van der Waals surface area contributed by atoms with E-state index in [1.165, 1.54) is 18.6 Å². The molecule has 166 valence electrons. The van der Waals surface area contributed by atoms with E-state index in [0.717, 1.165) is 25.7 Å². The van der Waals surface area contributed by atoms with Crippen LogP contribution in [0.1, 0.15) is 39.0 Å². The third-order valence-electron chi connectivity index (χ3n) is 5.39. The zero-order valence-corrected chi connectivity index (χ0v) is 18.1. The Kier molecular flexibility index (Phi) is 6.22. The molecule has 1 saturated carbocycles. The summed E-state index contributed by atoms with van der Waals surface area (Å²) in [5.74, 6) is 1.33. The fourth-order valence-corrected chi connectivity index (χ4v) is 4.74. The maximum atomic E-state index is 12.7. The lowest BCUT2D eigenvalue weighted by Gasteiger charge is -2.24. The highest BCUT2D eigenvalue weighted by Gasteiger charge is 2.22. The summed E-state index contributed by atoms with van der Waals surface area (Å²) in [6.45, 7) is 1.80. The molecule has 1 heterocycles. The Balaban J connectivity index is 1.36. The topological polar surface area (TPSA) is 103 Å². The van der Waals surface area contributed by atoms with Gasteiger partial charge in [0, 0.05) is 12.1 Å². The molecule has 1 aliphatic heterocycles. The molecule has 2 aromatic rings. The average molecular weight is 447 g/mol. The van der Waals surface area contributed by atoms with E-state index in [0.29, 0.717) is 22.9 Å². The Labute approximate surface area is 181 Å². The van der Waals surface area contributed by atoms with Crippen LogP contribution in [0.25, 0.3) is 0 Å². The predicted molar refractivity (Wildman–Crippen MR) is 115 cm³/mol. The van der Waals surface area contributed by atoms with Crippen LogP contribution in [0.5, 0.6) is 17.2 Å². The Morgan fingerprint density at radius 3 is 2.48 bits per heavy atom. The summed E-state index contributed by atoms with van der Waals surface area (Å²) in [4.78, 5) is 12.4. The predicted octanol–water partition coefficient (Wildman–Crippen LogP) is 3.43. The summed E-state index contributed by atoms with van der Waals surface area (Å²) in [5.41, 5.74) is 0.373. The van der Waals surface area contributed by atoms with E-state index in [1.54, 1.807) is 37.3 Å². The van der Waals surface area contributed by atoms with Gasteiger partial charge in [0.2, 0.25) is 6.79 Å². The fraction of sp³-hybridized carbons (Fsp3) is 0.409. The van der Waals surface area contributed by atoms with Gasteiger partial charge in [0.15, 0.2) is 17.6 Å². The number of amides is 1. The first kappa shape index (κ1) is 21.3. The van der Waals surface area contributed by atoms with Crippen LogP contribution >= 0.6 is 0 Å². The summed E-state index contributed by atoms with van der Waals surface area (Å²) in [5, 5.41) is 3.03. The Hall–Kier alpha value is -2.94. The van der Waals surface area contributed by atoms with Crippen molar-refractivity contribution < 1.29 is 27.4 Å². The minimum atomic E-state index is -3.79. The van der Waals surface area contributed by atoms with Crippen molar-refractivity contribution in [1.29, 1.82) is 0 Å². The van der Waals surface area contributed by atoms with Crippen LogP contribution in [-0.4, -0.2) is 33.3 Å². The SMILES string of the molecule is CC(Oc1ccc(S(=O)(=O)Nc2ccc3c(c2)OCO3)cc1)C(=O)NC1CCCCC1. The monoisotopic (exact) mass is 446 g/mol. The highest BCUT2D eigenvalue weighted by Crippen LogP contribution is 2.35. The lowest BCUT2D eigenvalue weighted by molar-refractivity contribution is -0.128. The minimum absolute atomic E-state index is 0.0804. The third-order valence-corrected chi connectivity index (χ3v) is 6.79. The molecule has 9 heteroatoms. The van der Waals surface area contributed by atoms with Gasteiger partial charge in [0.25, 0.3) is 15.9 Å². The second-order valence-corrected chi connectivity index (χ2v) is 9.43. The largest absolute Gasteiger partial charge is 0.481 e. The van der Waals surface area contributed by atoms with E-state index in [4.69, 9.17) is 14.2 Å². The minimum Gasteiger partial charge on any atom is -0.481 e. The van der Waals surface area contributed by atoms with Crippen molar-refractivity contribution in [2.24, 2.45) is 0 Å². The molecule has 31 heavy (non-hydrogen) atoms. The molecule has 0 bridgehead atoms. The van der Waals surface area contributed by atoms with Gasteiger partial charge in [-0.3, -0.25) is 9.52 Å². The molecule has 1 aliphatic carbocycles. The summed E-state index contributed by atoms with van der Waals surface area (Å²) >= 11 is 0. The van der Waals surface area contributed by atoms with E-state index >= 15 is 0 Å². The van der Waals surface area contributed by atoms with Crippen LogP contribution in [-0.2, 0) is 14.8 Å². The van der Waals surface area contributed by atoms with Crippen LogP contribution in [0, 0.1) is 0 Å². The quantitative estimate of drug-likeness (QED) is 0.676. The van der Waals surface area contributed by atoms with Crippen molar-refractivity contribution in [3.63, 3.8) is 0 Å². The first-order chi connectivity index (χ1) is 14.9. The molecule has 2 N–H and O–H groups in total. The van der Waals surface area contributed by atoms with Crippen molar-refractivity contribution in [2.75, 3.05) is 11.5 Å². The van der Waals surface area contributed by atoms with Crippen molar-refractivity contribution in [1.82, 2.24) is 5.32 Å². The molecule has 2 aromatic carbocycles. The van der Waals surface area contributed by atoms with E-state index in [-0.39, 0.29) is 23.6 Å². The van der Waals surface area contributed by atoms with Gasteiger partial charge < -0.3 is 19.5 Å². The van der Waals surface area contributed by atoms with Gasteiger partial charge in [-0.25, -0.2) is 8.42 Å². The van der Waals surface area contributed by atoms with E-state index in [9.17, 15) is 13.2 Å².